The number of piperazine rings is 1. The van der Waals surface area contributed by atoms with Crippen LogP contribution in [-0.2, 0) is 4.79 Å². The van der Waals surface area contributed by atoms with Gasteiger partial charge in [-0.25, -0.2) is 0 Å². The Morgan fingerprint density at radius 2 is 1.92 bits per heavy atom. The number of anilines is 1. The van der Waals surface area contributed by atoms with Crippen LogP contribution in [0.2, 0.25) is 0 Å². The van der Waals surface area contributed by atoms with E-state index >= 15 is 0 Å². The first-order valence-corrected chi connectivity index (χ1v) is 8.18. The minimum Gasteiger partial charge on any atom is -0.325 e. The topological polar surface area (TPSA) is 64.4 Å². The van der Waals surface area contributed by atoms with Crippen LogP contribution in [0, 0.1) is 18.3 Å². The van der Waals surface area contributed by atoms with Crippen molar-refractivity contribution in [3.8, 4) is 6.07 Å². The normalized spacial score (nSPS) is 17.3. The molecule has 0 spiro atoms. The Morgan fingerprint density at radius 1 is 1.20 bits per heavy atom. The fraction of sp³-hybridized carbons (Fsp3) is 0.250. The van der Waals surface area contributed by atoms with E-state index in [1.807, 2.05) is 44.2 Å². The van der Waals surface area contributed by atoms with Crippen LogP contribution in [0.3, 0.4) is 0 Å². The van der Waals surface area contributed by atoms with Gasteiger partial charge in [-0.3, -0.25) is 9.59 Å². The van der Waals surface area contributed by atoms with Gasteiger partial charge in [0, 0.05) is 23.8 Å². The van der Waals surface area contributed by atoms with Crippen LogP contribution in [0.25, 0.3) is 0 Å². The van der Waals surface area contributed by atoms with E-state index in [9.17, 15) is 9.59 Å². The lowest BCUT2D eigenvalue weighted by atomic mass is 10.1. The molecule has 0 aromatic heterocycles. The molecule has 1 saturated heterocycles. The number of aryl methyl sites for hydroxylation is 1. The summed E-state index contributed by atoms with van der Waals surface area (Å²) in [4.78, 5) is 28.6. The zero-order valence-electron chi connectivity index (χ0n) is 14.3. The summed E-state index contributed by atoms with van der Waals surface area (Å²) in [5.41, 5.74) is 2.85. The largest absolute Gasteiger partial charge is 0.325 e. The second kappa shape index (κ2) is 6.78. The molecule has 0 bridgehead atoms. The minimum absolute atomic E-state index is 0.0324. The summed E-state index contributed by atoms with van der Waals surface area (Å²) >= 11 is 0. The molecule has 1 aliphatic heterocycles. The average molecular weight is 333 g/mol. The minimum atomic E-state index is -0.221. The monoisotopic (exact) mass is 333 g/mol. The van der Waals surface area contributed by atoms with E-state index < -0.39 is 0 Å². The summed E-state index contributed by atoms with van der Waals surface area (Å²) in [6.45, 7) is 4.41. The molecule has 0 unspecified atom stereocenters. The Balaban J connectivity index is 1.80. The number of rotatable bonds is 2. The van der Waals surface area contributed by atoms with E-state index in [-0.39, 0.29) is 24.4 Å². The first-order valence-electron chi connectivity index (χ1n) is 8.18. The molecule has 1 fully saturated rings. The number of nitriles is 1. The van der Waals surface area contributed by atoms with E-state index in [2.05, 4.69) is 0 Å². The molecule has 2 amide bonds. The maximum absolute atomic E-state index is 12.8. The lowest BCUT2D eigenvalue weighted by Crippen LogP contribution is -2.57. The van der Waals surface area contributed by atoms with Crippen LogP contribution in [0.15, 0.2) is 48.5 Å². The van der Waals surface area contributed by atoms with Crippen molar-refractivity contribution in [1.29, 1.82) is 5.26 Å². The Bertz CT molecular complexity index is 852. The lowest BCUT2D eigenvalue weighted by molar-refractivity contribution is -0.121. The van der Waals surface area contributed by atoms with Gasteiger partial charge in [-0.2, -0.15) is 5.26 Å². The third kappa shape index (κ3) is 3.38. The van der Waals surface area contributed by atoms with Crippen molar-refractivity contribution in [2.75, 3.05) is 18.0 Å². The third-order valence-corrected chi connectivity index (χ3v) is 4.43. The number of hydrogen-bond acceptors (Lipinski definition) is 3. The average Bonchev–Trinajstić information content (AvgIpc) is 2.63. The first kappa shape index (κ1) is 16.7. The van der Waals surface area contributed by atoms with Crippen molar-refractivity contribution < 1.29 is 9.59 Å². The van der Waals surface area contributed by atoms with Crippen molar-refractivity contribution in [3.63, 3.8) is 0 Å². The van der Waals surface area contributed by atoms with Crippen LogP contribution in [0.5, 0.6) is 0 Å². The molecule has 3 rings (SSSR count). The second-order valence-corrected chi connectivity index (χ2v) is 6.31. The van der Waals surface area contributed by atoms with Crippen molar-refractivity contribution >= 4 is 17.5 Å². The van der Waals surface area contributed by atoms with Crippen molar-refractivity contribution in [2.24, 2.45) is 0 Å². The molecule has 5 heteroatoms. The van der Waals surface area contributed by atoms with Crippen LogP contribution in [-0.4, -0.2) is 35.8 Å². The van der Waals surface area contributed by atoms with Gasteiger partial charge < -0.3 is 9.80 Å². The highest BCUT2D eigenvalue weighted by molar-refractivity contribution is 6.02. The number of carbonyl (C=O) groups is 2. The van der Waals surface area contributed by atoms with Gasteiger partial charge in [0.2, 0.25) is 5.91 Å². The molecule has 2 aromatic carbocycles. The van der Waals surface area contributed by atoms with Crippen molar-refractivity contribution in [1.82, 2.24) is 4.90 Å². The van der Waals surface area contributed by atoms with Crippen LogP contribution < -0.4 is 4.90 Å². The zero-order chi connectivity index (χ0) is 18.0. The number of nitrogens with zero attached hydrogens (tertiary/aromatic N) is 3. The predicted octanol–water partition coefficient (Wildman–Crippen LogP) is 2.74. The predicted molar refractivity (Wildman–Crippen MR) is 95.2 cm³/mol. The maximum atomic E-state index is 12.8. The zero-order valence-corrected chi connectivity index (χ0v) is 14.3. The van der Waals surface area contributed by atoms with Crippen molar-refractivity contribution in [2.45, 2.75) is 19.9 Å². The molecular weight excluding hydrogens is 314 g/mol. The van der Waals surface area contributed by atoms with Gasteiger partial charge in [-0.05, 0) is 44.2 Å². The summed E-state index contributed by atoms with van der Waals surface area (Å²) in [6, 6.07) is 16.3. The number of benzene rings is 2. The summed E-state index contributed by atoms with van der Waals surface area (Å²) < 4.78 is 0. The Kier molecular flexibility index (Phi) is 4.53. The van der Waals surface area contributed by atoms with Gasteiger partial charge in [0.15, 0.2) is 0 Å². The van der Waals surface area contributed by atoms with Crippen LogP contribution in [0.1, 0.15) is 28.4 Å². The first-order chi connectivity index (χ1) is 12.0. The molecule has 126 valence electrons. The highest BCUT2D eigenvalue weighted by atomic mass is 16.2. The van der Waals surface area contributed by atoms with Gasteiger partial charge in [0.05, 0.1) is 11.6 Å². The molecule has 0 saturated carbocycles. The quantitative estimate of drug-likeness (QED) is 0.849. The van der Waals surface area contributed by atoms with Gasteiger partial charge in [0.25, 0.3) is 5.91 Å². The smallest absolute Gasteiger partial charge is 0.254 e. The molecule has 1 heterocycles. The molecule has 5 nitrogen and oxygen atoms in total. The van der Waals surface area contributed by atoms with Crippen molar-refractivity contribution in [3.05, 3.63) is 65.2 Å². The standard InChI is InChI=1S/C20H19N3O2/c1-14-6-8-18(9-7-14)23-12-15(2)22(13-19(23)24)20(25)17-5-3-4-16(10-17)11-21/h3-10,15H,12-13H2,1-2H3/t15-/m0/s1. The fourth-order valence-corrected chi connectivity index (χ4v) is 2.99. The molecule has 0 radical (unpaired) electrons. The molecule has 2 aromatic rings. The number of hydrogen-bond donors (Lipinski definition) is 0. The lowest BCUT2D eigenvalue weighted by Gasteiger charge is -2.39. The summed E-state index contributed by atoms with van der Waals surface area (Å²) in [5.74, 6) is -0.326. The van der Waals surface area contributed by atoms with E-state index in [1.54, 1.807) is 34.1 Å². The molecular formula is C20H19N3O2. The van der Waals surface area contributed by atoms with E-state index in [0.717, 1.165) is 11.3 Å². The van der Waals surface area contributed by atoms with Gasteiger partial charge in [-0.15, -0.1) is 0 Å². The van der Waals surface area contributed by atoms with Crippen LogP contribution in [0.4, 0.5) is 5.69 Å². The second-order valence-electron chi connectivity index (χ2n) is 6.31. The highest BCUT2D eigenvalue weighted by Gasteiger charge is 2.33. The summed E-state index contributed by atoms with van der Waals surface area (Å²) in [5, 5.41) is 8.99. The molecule has 1 aliphatic rings. The maximum Gasteiger partial charge on any atom is 0.254 e. The van der Waals surface area contributed by atoms with Gasteiger partial charge in [-0.1, -0.05) is 23.8 Å². The fourth-order valence-electron chi connectivity index (χ4n) is 2.99. The Morgan fingerprint density at radius 3 is 2.60 bits per heavy atom. The molecule has 0 aliphatic carbocycles. The molecule has 0 N–H and O–H groups in total. The molecule has 25 heavy (non-hydrogen) atoms. The van der Waals surface area contributed by atoms with E-state index in [1.165, 1.54) is 0 Å². The Labute approximate surface area is 147 Å². The van der Waals surface area contributed by atoms with Crippen LogP contribution >= 0.6 is 0 Å². The van der Waals surface area contributed by atoms with E-state index in [4.69, 9.17) is 5.26 Å². The highest BCUT2D eigenvalue weighted by Crippen LogP contribution is 2.22. The SMILES string of the molecule is Cc1ccc(N2C[C@H](C)N(C(=O)c3cccc(C#N)c3)CC2=O)cc1. The van der Waals surface area contributed by atoms with Gasteiger partial charge >= 0.3 is 0 Å². The number of carbonyl (C=O) groups excluding carboxylic acids is 2. The third-order valence-electron chi connectivity index (χ3n) is 4.43. The Hall–Kier alpha value is -3.13. The number of amides is 2. The summed E-state index contributed by atoms with van der Waals surface area (Å²) in [7, 11) is 0. The van der Waals surface area contributed by atoms with Gasteiger partial charge in [0.1, 0.15) is 6.54 Å². The van der Waals surface area contributed by atoms with E-state index in [0.29, 0.717) is 17.7 Å². The summed E-state index contributed by atoms with van der Waals surface area (Å²) in [6.07, 6.45) is 0. The molecule has 1 atom stereocenters.